The molecular formula is C28H27F2N3O4. The van der Waals surface area contributed by atoms with Crippen LogP contribution in [0.2, 0.25) is 0 Å². The Hall–Kier alpha value is -4.27. The van der Waals surface area contributed by atoms with Gasteiger partial charge in [-0.05, 0) is 67.4 Å². The largest absolute Gasteiger partial charge is 0.481 e. The van der Waals surface area contributed by atoms with Crippen LogP contribution in [0.3, 0.4) is 0 Å². The summed E-state index contributed by atoms with van der Waals surface area (Å²) in [6.07, 6.45) is -0.171. The van der Waals surface area contributed by atoms with E-state index in [2.05, 4.69) is 0 Å². The Morgan fingerprint density at radius 2 is 1.46 bits per heavy atom. The van der Waals surface area contributed by atoms with Crippen LogP contribution in [-0.2, 0) is 9.59 Å². The second-order valence-electron chi connectivity index (χ2n) is 9.11. The van der Waals surface area contributed by atoms with E-state index in [1.165, 1.54) is 57.2 Å². The van der Waals surface area contributed by atoms with Gasteiger partial charge in [-0.15, -0.1) is 0 Å². The van der Waals surface area contributed by atoms with Gasteiger partial charge in [0.25, 0.3) is 0 Å². The van der Waals surface area contributed by atoms with Crippen LogP contribution in [0.1, 0.15) is 19.3 Å². The molecule has 0 atom stereocenters. The molecule has 4 rings (SSSR count). The Kier molecular flexibility index (Phi) is 7.52. The van der Waals surface area contributed by atoms with E-state index in [1.54, 1.807) is 43.4 Å². The van der Waals surface area contributed by atoms with Crippen LogP contribution in [0.25, 0.3) is 0 Å². The number of benzene rings is 3. The van der Waals surface area contributed by atoms with Crippen molar-refractivity contribution in [2.45, 2.75) is 19.3 Å². The van der Waals surface area contributed by atoms with Crippen molar-refractivity contribution in [2.75, 3.05) is 29.9 Å². The quantitative estimate of drug-likeness (QED) is 0.482. The molecule has 0 bridgehead atoms. The fourth-order valence-electron chi connectivity index (χ4n) is 4.58. The number of carboxylic acid groups (broad SMARTS) is 1. The lowest BCUT2D eigenvalue weighted by atomic mass is 9.75. The highest BCUT2D eigenvalue weighted by Gasteiger charge is 2.45. The number of likely N-dealkylation sites (tertiary alicyclic amines) is 1. The number of amides is 3. The fourth-order valence-corrected chi connectivity index (χ4v) is 4.58. The van der Waals surface area contributed by atoms with Gasteiger partial charge in [-0.1, -0.05) is 24.3 Å². The average molecular weight is 508 g/mol. The molecule has 3 aromatic carbocycles. The van der Waals surface area contributed by atoms with Crippen LogP contribution in [0, 0.1) is 17.0 Å². The Bertz CT molecular complexity index is 1280. The number of carbonyl (C=O) groups is 3. The van der Waals surface area contributed by atoms with E-state index >= 15 is 0 Å². The fraction of sp³-hybridized carbons (Fsp3) is 0.250. The number of hydrogen-bond donors (Lipinski definition) is 1. The minimum atomic E-state index is -1.39. The molecule has 0 unspecified atom stereocenters. The van der Waals surface area contributed by atoms with Crippen LogP contribution in [0.4, 0.5) is 30.6 Å². The number of para-hydroxylation sites is 1. The van der Waals surface area contributed by atoms with Gasteiger partial charge in [-0.25, -0.2) is 13.6 Å². The molecule has 9 heteroatoms. The van der Waals surface area contributed by atoms with Crippen molar-refractivity contribution < 1.29 is 28.3 Å². The smallest absolute Gasteiger partial charge is 0.324 e. The molecule has 0 aromatic heterocycles. The number of halogens is 2. The SMILES string of the molecule is CN(C(=O)N1CCC(CC(=O)N(c2ccccc2)c2cccc(F)c2)(C(=O)O)CC1)c1ccc(F)cc1. The molecule has 0 saturated carbocycles. The molecule has 1 aliphatic heterocycles. The monoisotopic (exact) mass is 507 g/mol. The first kappa shape index (κ1) is 25.8. The molecule has 1 aliphatic rings. The third kappa shape index (κ3) is 5.61. The third-order valence-corrected chi connectivity index (χ3v) is 6.77. The van der Waals surface area contributed by atoms with Crippen molar-refractivity contribution >= 4 is 35.0 Å². The van der Waals surface area contributed by atoms with E-state index in [4.69, 9.17) is 0 Å². The summed E-state index contributed by atoms with van der Waals surface area (Å²) in [5, 5.41) is 10.2. The molecule has 1 N–H and O–H groups in total. The highest BCUT2D eigenvalue weighted by molar-refractivity contribution is 6.02. The topological polar surface area (TPSA) is 81.2 Å². The molecular weight excluding hydrogens is 480 g/mol. The minimum absolute atomic E-state index is 0.0723. The van der Waals surface area contributed by atoms with Gasteiger partial charge in [-0.2, -0.15) is 0 Å². The van der Waals surface area contributed by atoms with Crippen molar-refractivity contribution in [1.82, 2.24) is 4.90 Å². The summed E-state index contributed by atoms with van der Waals surface area (Å²) < 4.78 is 27.2. The molecule has 0 spiro atoms. The molecule has 3 amide bonds. The minimum Gasteiger partial charge on any atom is -0.481 e. The van der Waals surface area contributed by atoms with Crippen molar-refractivity contribution in [2.24, 2.45) is 5.41 Å². The molecule has 7 nitrogen and oxygen atoms in total. The van der Waals surface area contributed by atoms with Gasteiger partial charge in [0, 0.05) is 37.9 Å². The maximum atomic E-state index is 14.0. The summed E-state index contributed by atoms with van der Waals surface area (Å²) in [6, 6.07) is 19.4. The maximum Gasteiger partial charge on any atom is 0.324 e. The molecule has 192 valence electrons. The number of urea groups is 1. The first-order valence-electron chi connectivity index (χ1n) is 11.9. The highest BCUT2D eigenvalue weighted by Crippen LogP contribution is 2.38. The van der Waals surface area contributed by atoms with Crippen LogP contribution in [-0.4, -0.2) is 48.1 Å². The zero-order valence-corrected chi connectivity index (χ0v) is 20.3. The zero-order chi connectivity index (χ0) is 26.6. The number of aliphatic carboxylic acids is 1. The number of carboxylic acids is 1. The van der Waals surface area contributed by atoms with Gasteiger partial charge in [0.2, 0.25) is 5.91 Å². The number of nitrogens with zero attached hydrogens (tertiary/aromatic N) is 3. The van der Waals surface area contributed by atoms with Gasteiger partial charge < -0.3 is 10.0 Å². The summed E-state index contributed by atoms with van der Waals surface area (Å²) in [5.74, 6) is -2.54. The predicted molar refractivity (Wildman–Crippen MR) is 136 cm³/mol. The predicted octanol–water partition coefficient (Wildman–Crippen LogP) is 5.44. The summed E-state index contributed by atoms with van der Waals surface area (Å²) >= 11 is 0. The number of carbonyl (C=O) groups excluding carboxylic acids is 2. The Balaban J connectivity index is 1.52. The van der Waals surface area contributed by atoms with Crippen LogP contribution < -0.4 is 9.80 Å². The first-order valence-corrected chi connectivity index (χ1v) is 11.9. The normalized spacial score (nSPS) is 14.6. The number of piperidine rings is 1. The van der Waals surface area contributed by atoms with E-state index in [1.807, 2.05) is 0 Å². The zero-order valence-electron chi connectivity index (χ0n) is 20.3. The lowest BCUT2D eigenvalue weighted by molar-refractivity contribution is -0.154. The first-order chi connectivity index (χ1) is 17.7. The van der Waals surface area contributed by atoms with E-state index < -0.39 is 28.9 Å². The van der Waals surface area contributed by atoms with Crippen LogP contribution in [0.15, 0.2) is 78.9 Å². The van der Waals surface area contributed by atoms with Gasteiger partial charge in [0.15, 0.2) is 0 Å². The van der Waals surface area contributed by atoms with Gasteiger partial charge in [0.1, 0.15) is 11.6 Å². The van der Waals surface area contributed by atoms with Crippen molar-refractivity contribution in [3.8, 4) is 0 Å². The Labute approximate surface area is 213 Å². The maximum absolute atomic E-state index is 14.0. The number of hydrogen-bond acceptors (Lipinski definition) is 3. The number of anilines is 3. The van der Waals surface area contributed by atoms with E-state index in [0.717, 1.165) is 0 Å². The van der Waals surface area contributed by atoms with Gasteiger partial charge in [-0.3, -0.25) is 19.4 Å². The summed E-state index contributed by atoms with van der Waals surface area (Å²) in [5.41, 5.74) is -0.0921. The molecule has 0 aliphatic carbocycles. The standard InChI is InChI=1S/C28H27F2N3O4/c1-31(22-12-10-20(29)11-13-22)27(37)32-16-14-28(15-17-32,26(35)36)19-25(34)33(23-7-3-2-4-8-23)24-9-5-6-21(30)18-24/h2-13,18H,14-17,19H2,1H3,(H,35,36). The Morgan fingerprint density at radius 1 is 0.838 bits per heavy atom. The second kappa shape index (κ2) is 10.8. The summed E-state index contributed by atoms with van der Waals surface area (Å²) in [4.78, 5) is 43.3. The third-order valence-electron chi connectivity index (χ3n) is 6.77. The lowest BCUT2D eigenvalue weighted by Crippen LogP contribution is -2.51. The van der Waals surface area contributed by atoms with Crippen molar-refractivity contribution in [3.05, 3.63) is 90.5 Å². The molecule has 1 fully saturated rings. The highest BCUT2D eigenvalue weighted by atomic mass is 19.1. The molecule has 1 heterocycles. The Morgan fingerprint density at radius 3 is 2.05 bits per heavy atom. The lowest BCUT2D eigenvalue weighted by Gasteiger charge is -2.40. The van der Waals surface area contributed by atoms with Crippen LogP contribution in [0.5, 0.6) is 0 Å². The van der Waals surface area contributed by atoms with Gasteiger partial charge >= 0.3 is 12.0 Å². The van der Waals surface area contributed by atoms with Gasteiger partial charge in [0.05, 0.1) is 11.1 Å². The van der Waals surface area contributed by atoms with Crippen molar-refractivity contribution in [1.29, 1.82) is 0 Å². The van der Waals surface area contributed by atoms with E-state index in [-0.39, 0.29) is 38.4 Å². The molecule has 0 radical (unpaired) electrons. The average Bonchev–Trinajstić information content (AvgIpc) is 2.89. The van der Waals surface area contributed by atoms with E-state index in [9.17, 15) is 28.3 Å². The summed E-state index contributed by atoms with van der Waals surface area (Å²) in [6.45, 7) is 0.268. The van der Waals surface area contributed by atoms with Crippen LogP contribution >= 0.6 is 0 Å². The second-order valence-corrected chi connectivity index (χ2v) is 9.11. The number of rotatable bonds is 6. The molecule has 1 saturated heterocycles. The summed E-state index contributed by atoms with van der Waals surface area (Å²) in [7, 11) is 1.56. The van der Waals surface area contributed by atoms with Crippen molar-refractivity contribution in [3.63, 3.8) is 0 Å². The molecule has 3 aromatic rings. The van der Waals surface area contributed by atoms with E-state index in [0.29, 0.717) is 17.1 Å². The molecule has 37 heavy (non-hydrogen) atoms.